The summed E-state index contributed by atoms with van der Waals surface area (Å²) in [6, 6.07) is 10.9. The SMILES string of the molecule is Fc1ccc(F)c(CNc2cccc(CCl)c2)c1. The Morgan fingerprint density at radius 2 is 1.89 bits per heavy atom. The van der Waals surface area contributed by atoms with E-state index in [2.05, 4.69) is 5.32 Å². The zero-order valence-electron chi connectivity index (χ0n) is 9.59. The van der Waals surface area contributed by atoms with Crippen LogP contribution in [0.4, 0.5) is 14.5 Å². The third-order valence-electron chi connectivity index (χ3n) is 2.57. The number of anilines is 1. The predicted molar refractivity (Wildman–Crippen MR) is 69.7 cm³/mol. The summed E-state index contributed by atoms with van der Waals surface area (Å²) >= 11 is 5.72. The van der Waals surface area contributed by atoms with Crippen LogP contribution >= 0.6 is 11.6 Å². The van der Waals surface area contributed by atoms with E-state index in [1.54, 1.807) is 0 Å². The van der Waals surface area contributed by atoms with Crippen molar-refractivity contribution in [2.75, 3.05) is 5.32 Å². The number of hydrogen-bond acceptors (Lipinski definition) is 1. The molecule has 0 spiro atoms. The molecule has 1 nitrogen and oxygen atoms in total. The molecule has 2 rings (SSSR count). The third-order valence-corrected chi connectivity index (χ3v) is 2.88. The summed E-state index contributed by atoms with van der Waals surface area (Å²) in [6.45, 7) is 0.231. The van der Waals surface area contributed by atoms with Gasteiger partial charge in [0.15, 0.2) is 0 Å². The van der Waals surface area contributed by atoms with Crippen LogP contribution in [0.15, 0.2) is 42.5 Å². The zero-order valence-corrected chi connectivity index (χ0v) is 10.3. The molecule has 2 aromatic carbocycles. The standard InChI is InChI=1S/C14H12ClF2N/c15-8-10-2-1-3-13(6-10)18-9-11-7-12(16)4-5-14(11)17/h1-7,18H,8-9H2. The second-order valence-corrected chi connectivity index (χ2v) is 4.19. The Labute approximate surface area is 109 Å². The molecule has 0 aromatic heterocycles. The van der Waals surface area contributed by atoms with Crippen molar-refractivity contribution in [3.05, 3.63) is 65.2 Å². The number of nitrogens with one attached hydrogen (secondary N) is 1. The van der Waals surface area contributed by atoms with E-state index >= 15 is 0 Å². The molecule has 0 atom stereocenters. The first-order valence-electron chi connectivity index (χ1n) is 5.52. The Morgan fingerprint density at radius 1 is 1.06 bits per heavy atom. The summed E-state index contributed by atoms with van der Waals surface area (Å²) in [5.74, 6) is -0.441. The van der Waals surface area contributed by atoms with Gasteiger partial charge in [0.25, 0.3) is 0 Å². The highest BCUT2D eigenvalue weighted by molar-refractivity contribution is 6.17. The summed E-state index contributed by atoms with van der Waals surface area (Å²) in [4.78, 5) is 0. The number of rotatable bonds is 4. The van der Waals surface area contributed by atoms with Gasteiger partial charge in [-0.3, -0.25) is 0 Å². The predicted octanol–water partition coefficient (Wildman–Crippen LogP) is 4.32. The molecule has 0 unspecified atom stereocenters. The minimum absolute atomic E-state index is 0.231. The Hall–Kier alpha value is -1.61. The highest BCUT2D eigenvalue weighted by Gasteiger charge is 2.03. The van der Waals surface area contributed by atoms with Crippen molar-refractivity contribution in [3.63, 3.8) is 0 Å². The molecular formula is C14H12ClF2N. The Morgan fingerprint density at radius 3 is 2.67 bits per heavy atom. The molecule has 0 bridgehead atoms. The maximum atomic E-state index is 13.4. The Bertz CT molecular complexity index is 543. The highest BCUT2D eigenvalue weighted by atomic mass is 35.5. The topological polar surface area (TPSA) is 12.0 Å². The van der Waals surface area contributed by atoms with Crippen molar-refractivity contribution in [1.29, 1.82) is 0 Å². The van der Waals surface area contributed by atoms with Crippen LogP contribution in [-0.4, -0.2) is 0 Å². The van der Waals surface area contributed by atoms with Crippen LogP contribution in [0.5, 0.6) is 0 Å². The molecule has 0 aliphatic rings. The first kappa shape index (κ1) is 12.8. The molecule has 2 aromatic rings. The van der Waals surface area contributed by atoms with Gasteiger partial charge in [-0.25, -0.2) is 8.78 Å². The average Bonchev–Trinajstić information content (AvgIpc) is 2.40. The second kappa shape index (κ2) is 5.83. The second-order valence-electron chi connectivity index (χ2n) is 3.92. The molecule has 0 saturated carbocycles. The van der Waals surface area contributed by atoms with Gasteiger partial charge in [0.2, 0.25) is 0 Å². The van der Waals surface area contributed by atoms with Crippen molar-refractivity contribution in [2.45, 2.75) is 12.4 Å². The van der Waals surface area contributed by atoms with Crippen molar-refractivity contribution in [2.24, 2.45) is 0 Å². The van der Waals surface area contributed by atoms with Crippen molar-refractivity contribution < 1.29 is 8.78 Å². The lowest BCUT2D eigenvalue weighted by Gasteiger charge is -2.08. The summed E-state index contributed by atoms with van der Waals surface area (Å²) < 4.78 is 26.4. The minimum atomic E-state index is -0.442. The molecule has 0 aliphatic carbocycles. The van der Waals surface area contributed by atoms with Crippen LogP contribution in [0.25, 0.3) is 0 Å². The molecule has 94 valence electrons. The number of benzene rings is 2. The number of hydrogen-bond donors (Lipinski definition) is 1. The van der Waals surface area contributed by atoms with E-state index in [0.29, 0.717) is 11.4 Å². The first-order valence-corrected chi connectivity index (χ1v) is 6.05. The Balaban J connectivity index is 2.08. The van der Waals surface area contributed by atoms with Crippen LogP contribution in [0.1, 0.15) is 11.1 Å². The van der Waals surface area contributed by atoms with Crippen LogP contribution in [0.3, 0.4) is 0 Å². The van der Waals surface area contributed by atoms with Crippen LogP contribution in [0.2, 0.25) is 0 Å². The maximum Gasteiger partial charge on any atom is 0.128 e. The molecule has 0 fully saturated rings. The van der Waals surface area contributed by atoms with E-state index < -0.39 is 11.6 Å². The van der Waals surface area contributed by atoms with Crippen molar-refractivity contribution >= 4 is 17.3 Å². The summed E-state index contributed by atoms with van der Waals surface area (Å²) in [7, 11) is 0. The van der Waals surface area contributed by atoms with Gasteiger partial charge >= 0.3 is 0 Å². The van der Waals surface area contributed by atoms with Gasteiger partial charge < -0.3 is 5.32 Å². The van der Waals surface area contributed by atoms with Gasteiger partial charge in [-0.15, -0.1) is 11.6 Å². The molecule has 0 radical (unpaired) electrons. The van der Waals surface area contributed by atoms with E-state index in [0.717, 1.165) is 23.4 Å². The largest absolute Gasteiger partial charge is 0.381 e. The Kier molecular flexibility index (Phi) is 4.15. The summed E-state index contributed by atoms with van der Waals surface area (Å²) in [5, 5.41) is 3.04. The van der Waals surface area contributed by atoms with Gasteiger partial charge in [0, 0.05) is 23.7 Å². The van der Waals surface area contributed by atoms with Crippen LogP contribution in [-0.2, 0) is 12.4 Å². The maximum absolute atomic E-state index is 13.4. The zero-order chi connectivity index (χ0) is 13.0. The third kappa shape index (κ3) is 3.20. The van der Waals surface area contributed by atoms with Gasteiger partial charge in [0.05, 0.1) is 0 Å². The quantitative estimate of drug-likeness (QED) is 0.814. The van der Waals surface area contributed by atoms with Crippen molar-refractivity contribution in [1.82, 2.24) is 0 Å². The molecule has 0 aliphatic heterocycles. The summed E-state index contributed by atoms with van der Waals surface area (Å²) in [6.07, 6.45) is 0. The van der Waals surface area contributed by atoms with Gasteiger partial charge in [-0.1, -0.05) is 12.1 Å². The molecule has 4 heteroatoms. The smallest absolute Gasteiger partial charge is 0.128 e. The molecule has 0 saturated heterocycles. The van der Waals surface area contributed by atoms with E-state index in [4.69, 9.17) is 11.6 Å². The fourth-order valence-corrected chi connectivity index (χ4v) is 1.81. The van der Waals surface area contributed by atoms with Crippen LogP contribution in [0, 0.1) is 11.6 Å². The highest BCUT2D eigenvalue weighted by Crippen LogP contribution is 2.15. The van der Waals surface area contributed by atoms with Gasteiger partial charge in [-0.2, -0.15) is 0 Å². The van der Waals surface area contributed by atoms with E-state index in [9.17, 15) is 8.78 Å². The number of alkyl halides is 1. The monoisotopic (exact) mass is 267 g/mol. The lowest BCUT2D eigenvalue weighted by atomic mass is 10.2. The number of halogens is 3. The van der Waals surface area contributed by atoms with Gasteiger partial charge in [-0.05, 0) is 35.9 Å². The van der Waals surface area contributed by atoms with E-state index in [1.807, 2.05) is 24.3 Å². The van der Waals surface area contributed by atoms with Crippen molar-refractivity contribution in [3.8, 4) is 0 Å². The van der Waals surface area contributed by atoms with Gasteiger partial charge in [0.1, 0.15) is 11.6 Å². The fraction of sp³-hybridized carbons (Fsp3) is 0.143. The summed E-state index contributed by atoms with van der Waals surface area (Å²) in [5.41, 5.74) is 2.10. The molecule has 18 heavy (non-hydrogen) atoms. The van der Waals surface area contributed by atoms with E-state index in [-0.39, 0.29) is 6.54 Å². The molecule has 0 amide bonds. The minimum Gasteiger partial charge on any atom is -0.381 e. The molecular weight excluding hydrogens is 256 g/mol. The first-order chi connectivity index (χ1) is 8.69. The lowest BCUT2D eigenvalue weighted by Crippen LogP contribution is -2.02. The molecule has 0 heterocycles. The fourth-order valence-electron chi connectivity index (χ4n) is 1.64. The van der Waals surface area contributed by atoms with Crippen LogP contribution < -0.4 is 5.32 Å². The van der Waals surface area contributed by atoms with E-state index in [1.165, 1.54) is 6.07 Å². The average molecular weight is 268 g/mol. The lowest BCUT2D eigenvalue weighted by molar-refractivity contribution is 0.587. The molecule has 1 N–H and O–H groups in total. The normalized spacial score (nSPS) is 10.4.